The quantitative estimate of drug-likeness (QED) is 0.871. The first-order valence-corrected chi connectivity index (χ1v) is 7.99. The van der Waals surface area contributed by atoms with Crippen LogP contribution in [-0.2, 0) is 10.0 Å². The van der Waals surface area contributed by atoms with Gasteiger partial charge in [-0.2, -0.15) is 4.72 Å². The van der Waals surface area contributed by atoms with Crippen molar-refractivity contribution in [2.24, 2.45) is 0 Å². The van der Waals surface area contributed by atoms with Crippen LogP contribution in [0.15, 0.2) is 47.4 Å². The van der Waals surface area contributed by atoms with E-state index in [2.05, 4.69) is 16.6 Å². The van der Waals surface area contributed by atoms with Gasteiger partial charge in [0.25, 0.3) is 0 Å². The fourth-order valence-electron chi connectivity index (χ4n) is 1.79. The van der Waals surface area contributed by atoms with Crippen molar-refractivity contribution in [1.82, 2.24) is 4.72 Å². The van der Waals surface area contributed by atoms with Crippen molar-refractivity contribution in [1.29, 1.82) is 0 Å². The molecule has 0 saturated heterocycles. The minimum atomic E-state index is -4.10. The lowest BCUT2D eigenvalue weighted by molar-refractivity contribution is 0.413. The number of sulfonamides is 1. The average Bonchev–Trinajstić information content (AvgIpc) is 2.51. The molecule has 0 bridgehead atoms. The van der Waals surface area contributed by atoms with Gasteiger partial charge in [-0.05, 0) is 24.3 Å². The van der Waals surface area contributed by atoms with Crippen molar-refractivity contribution >= 4 is 10.0 Å². The van der Waals surface area contributed by atoms with Crippen LogP contribution in [0.2, 0.25) is 0 Å². The molecule has 120 valence electrons. The molecule has 7 heteroatoms. The van der Waals surface area contributed by atoms with E-state index in [1.165, 1.54) is 7.11 Å². The predicted octanol–water partition coefficient (Wildman–Crippen LogP) is 2.30. The molecule has 0 aromatic heterocycles. The van der Waals surface area contributed by atoms with Gasteiger partial charge < -0.3 is 4.74 Å². The Bertz CT molecular complexity index is 870. The van der Waals surface area contributed by atoms with Crippen molar-refractivity contribution < 1.29 is 21.9 Å². The zero-order valence-corrected chi connectivity index (χ0v) is 13.0. The van der Waals surface area contributed by atoms with Gasteiger partial charge in [0.15, 0.2) is 0 Å². The van der Waals surface area contributed by atoms with Gasteiger partial charge in [0.05, 0.1) is 19.2 Å². The summed E-state index contributed by atoms with van der Waals surface area (Å²) in [6, 6.07) is 9.24. The van der Waals surface area contributed by atoms with Crippen LogP contribution >= 0.6 is 0 Å². The molecule has 0 heterocycles. The largest absolute Gasteiger partial charge is 0.495 e. The molecule has 0 unspecified atom stereocenters. The Morgan fingerprint density at radius 3 is 2.61 bits per heavy atom. The van der Waals surface area contributed by atoms with Crippen molar-refractivity contribution in [2.45, 2.75) is 4.90 Å². The predicted molar refractivity (Wildman–Crippen MR) is 81.4 cm³/mol. The van der Waals surface area contributed by atoms with Gasteiger partial charge in [0, 0.05) is 6.07 Å². The van der Waals surface area contributed by atoms with Crippen molar-refractivity contribution in [3.05, 3.63) is 59.7 Å². The summed E-state index contributed by atoms with van der Waals surface area (Å²) >= 11 is 0. The van der Waals surface area contributed by atoms with Crippen LogP contribution in [0.25, 0.3) is 0 Å². The third kappa shape index (κ3) is 4.28. The van der Waals surface area contributed by atoms with Crippen molar-refractivity contribution in [3.8, 4) is 17.6 Å². The van der Waals surface area contributed by atoms with E-state index in [9.17, 15) is 17.2 Å². The Kier molecular flexibility index (Phi) is 5.32. The second-order valence-electron chi connectivity index (χ2n) is 4.40. The number of hydrogen-bond acceptors (Lipinski definition) is 3. The van der Waals surface area contributed by atoms with E-state index in [0.29, 0.717) is 17.4 Å². The first kappa shape index (κ1) is 16.9. The van der Waals surface area contributed by atoms with Crippen molar-refractivity contribution in [3.63, 3.8) is 0 Å². The Hall–Kier alpha value is -2.43. The van der Waals surface area contributed by atoms with E-state index in [1.54, 1.807) is 24.3 Å². The number of hydrogen-bond donors (Lipinski definition) is 1. The molecule has 4 nitrogen and oxygen atoms in total. The molecule has 0 aliphatic rings. The Balaban J connectivity index is 2.10. The summed E-state index contributed by atoms with van der Waals surface area (Å²) < 4.78 is 57.4. The average molecular weight is 337 g/mol. The standard InChI is InChI=1S/C16H13F2NO3S/c1-22-15-7-3-2-5-12(15)6-4-10-19-23(20,21)16-9-8-13(17)11-14(16)18/h2-3,5,7-9,11,19H,10H2,1H3. The first-order valence-electron chi connectivity index (χ1n) is 6.50. The van der Waals surface area contributed by atoms with Gasteiger partial charge in [-0.25, -0.2) is 17.2 Å². The summed E-state index contributed by atoms with van der Waals surface area (Å²) in [6.07, 6.45) is 0. The zero-order valence-electron chi connectivity index (χ0n) is 12.1. The van der Waals surface area contributed by atoms with Gasteiger partial charge in [0.2, 0.25) is 10.0 Å². The molecule has 2 rings (SSSR count). The topological polar surface area (TPSA) is 55.4 Å². The zero-order chi connectivity index (χ0) is 16.9. The van der Waals surface area contributed by atoms with Crippen LogP contribution < -0.4 is 9.46 Å². The highest BCUT2D eigenvalue weighted by atomic mass is 32.2. The summed E-state index contributed by atoms with van der Waals surface area (Å²) in [5.41, 5.74) is 0.599. The summed E-state index contributed by atoms with van der Waals surface area (Å²) in [5, 5.41) is 0. The molecule has 0 atom stereocenters. The second kappa shape index (κ2) is 7.22. The highest BCUT2D eigenvalue weighted by Crippen LogP contribution is 2.16. The number of para-hydroxylation sites is 1. The number of benzene rings is 2. The Morgan fingerprint density at radius 2 is 1.91 bits per heavy atom. The molecule has 2 aromatic rings. The molecule has 0 aliphatic carbocycles. The number of nitrogens with one attached hydrogen (secondary N) is 1. The second-order valence-corrected chi connectivity index (χ2v) is 6.14. The summed E-state index contributed by atoms with van der Waals surface area (Å²) in [4.78, 5) is -0.627. The molecule has 2 aromatic carbocycles. The van der Waals surface area contributed by atoms with E-state index in [0.717, 1.165) is 12.1 Å². The smallest absolute Gasteiger partial charge is 0.244 e. The fourth-order valence-corrected chi connectivity index (χ4v) is 2.77. The van der Waals surface area contributed by atoms with E-state index < -0.39 is 26.6 Å². The maximum absolute atomic E-state index is 13.5. The van der Waals surface area contributed by atoms with Crippen molar-refractivity contribution in [2.75, 3.05) is 13.7 Å². The maximum atomic E-state index is 13.5. The number of ether oxygens (including phenoxy) is 1. The van der Waals surface area contributed by atoms with Crippen LogP contribution in [0.5, 0.6) is 5.75 Å². The van der Waals surface area contributed by atoms with E-state index in [4.69, 9.17) is 4.74 Å². The van der Waals surface area contributed by atoms with Gasteiger partial charge in [-0.15, -0.1) is 0 Å². The van der Waals surface area contributed by atoms with Crippen LogP contribution in [0.3, 0.4) is 0 Å². The first-order chi connectivity index (χ1) is 10.9. The third-order valence-electron chi connectivity index (χ3n) is 2.86. The highest BCUT2D eigenvalue weighted by Gasteiger charge is 2.18. The molecule has 1 N–H and O–H groups in total. The number of rotatable bonds is 4. The Labute approximate surface area is 133 Å². The van der Waals surface area contributed by atoms with Gasteiger partial charge >= 0.3 is 0 Å². The monoisotopic (exact) mass is 337 g/mol. The summed E-state index contributed by atoms with van der Waals surface area (Å²) in [6.45, 7) is -0.225. The molecule has 23 heavy (non-hydrogen) atoms. The van der Waals surface area contributed by atoms with Gasteiger partial charge in [0.1, 0.15) is 22.3 Å². The molecular formula is C16H13F2NO3S. The Morgan fingerprint density at radius 1 is 1.17 bits per heavy atom. The number of halogens is 2. The summed E-state index contributed by atoms with van der Waals surface area (Å²) in [5.74, 6) is 3.93. The SMILES string of the molecule is COc1ccccc1C#CCNS(=O)(=O)c1ccc(F)cc1F. The lowest BCUT2D eigenvalue weighted by Crippen LogP contribution is -2.25. The summed E-state index contributed by atoms with van der Waals surface area (Å²) in [7, 11) is -2.60. The fraction of sp³-hybridized carbons (Fsp3) is 0.125. The maximum Gasteiger partial charge on any atom is 0.244 e. The molecule has 0 fully saturated rings. The number of methoxy groups -OCH3 is 1. The molecule has 0 saturated carbocycles. The van der Waals surface area contributed by atoms with Crippen LogP contribution in [-0.4, -0.2) is 22.1 Å². The van der Waals surface area contributed by atoms with Gasteiger partial charge in [-0.3, -0.25) is 0 Å². The molecule has 0 aliphatic heterocycles. The molecular weight excluding hydrogens is 324 g/mol. The third-order valence-corrected chi connectivity index (χ3v) is 4.30. The lowest BCUT2D eigenvalue weighted by Gasteiger charge is -2.05. The van der Waals surface area contributed by atoms with Crippen LogP contribution in [0.1, 0.15) is 5.56 Å². The molecule has 0 amide bonds. The van der Waals surface area contributed by atoms with E-state index in [-0.39, 0.29) is 6.54 Å². The van der Waals surface area contributed by atoms with Gasteiger partial charge in [-0.1, -0.05) is 24.0 Å². The van der Waals surface area contributed by atoms with Crippen LogP contribution in [0.4, 0.5) is 8.78 Å². The molecule has 0 radical (unpaired) electrons. The lowest BCUT2D eigenvalue weighted by atomic mass is 10.2. The minimum absolute atomic E-state index is 0.225. The van der Waals surface area contributed by atoms with Crippen LogP contribution in [0, 0.1) is 23.5 Å². The van der Waals surface area contributed by atoms with E-state index >= 15 is 0 Å². The minimum Gasteiger partial charge on any atom is -0.495 e. The van der Waals surface area contributed by atoms with E-state index in [1.807, 2.05) is 0 Å². The molecule has 0 spiro atoms. The normalized spacial score (nSPS) is 10.7. The highest BCUT2D eigenvalue weighted by molar-refractivity contribution is 7.89.